The van der Waals surface area contributed by atoms with Gasteiger partial charge in [0.2, 0.25) is 11.8 Å². The van der Waals surface area contributed by atoms with Gasteiger partial charge in [-0.15, -0.1) is 0 Å². The minimum absolute atomic E-state index is 0.296. The number of rotatable bonds is 0. The molecular weight excluding hydrogens is 218 g/mol. The fraction of sp³-hybridized carbons (Fsp3) is 0.667. The van der Waals surface area contributed by atoms with Crippen molar-refractivity contribution in [2.45, 2.75) is 13.3 Å². The minimum atomic E-state index is 0.296. The Morgan fingerprint density at radius 1 is 1.24 bits per heavy atom. The van der Waals surface area contributed by atoms with E-state index in [1.165, 1.54) is 5.70 Å². The third kappa shape index (κ3) is 1.69. The largest absolute Gasteiger partial charge is 0.478 e. The third-order valence-electron chi connectivity index (χ3n) is 3.51. The average Bonchev–Trinajstić information content (AvgIpc) is 2.54. The van der Waals surface area contributed by atoms with Crippen LogP contribution in [0.4, 0.5) is 0 Å². The van der Waals surface area contributed by atoms with Gasteiger partial charge in [-0.2, -0.15) is 0 Å². The maximum atomic E-state index is 5.73. The van der Waals surface area contributed by atoms with Crippen LogP contribution in [0.5, 0.6) is 0 Å². The highest BCUT2D eigenvalue weighted by molar-refractivity contribution is 5.30. The summed E-state index contributed by atoms with van der Waals surface area (Å²) in [6.07, 6.45) is 1.03. The van der Waals surface area contributed by atoms with Crippen LogP contribution in [0.15, 0.2) is 23.2 Å². The van der Waals surface area contributed by atoms with Crippen molar-refractivity contribution in [2.75, 3.05) is 33.4 Å². The van der Waals surface area contributed by atoms with Crippen LogP contribution in [-0.4, -0.2) is 38.3 Å². The molecule has 0 spiro atoms. The SMILES string of the molecule is CC1C2=C(NC3=C1N(C)CCO3)OCCCN2. The Bertz CT molecular complexity index is 389. The number of dihydropyridines is 1. The van der Waals surface area contributed by atoms with Crippen molar-refractivity contribution < 1.29 is 9.47 Å². The van der Waals surface area contributed by atoms with E-state index in [0.29, 0.717) is 5.92 Å². The first-order chi connectivity index (χ1) is 8.27. The van der Waals surface area contributed by atoms with Crippen LogP contribution in [-0.2, 0) is 9.47 Å². The Hall–Kier alpha value is -1.52. The summed E-state index contributed by atoms with van der Waals surface area (Å²) in [6.45, 7) is 5.58. The van der Waals surface area contributed by atoms with Crippen molar-refractivity contribution in [2.24, 2.45) is 5.92 Å². The average molecular weight is 237 g/mol. The normalized spacial score (nSPS) is 28.1. The van der Waals surface area contributed by atoms with E-state index in [1.807, 2.05) is 0 Å². The zero-order valence-electron chi connectivity index (χ0n) is 10.4. The summed E-state index contributed by atoms with van der Waals surface area (Å²) < 4.78 is 11.4. The predicted octanol–water partition coefficient (Wildman–Crippen LogP) is 0.536. The highest BCUT2D eigenvalue weighted by Crippen LogP contribution is 2.32. The summed E-state index contributed by atoms with van der Waals surface area (Å²) in [4.78, 5) is 2.26. The van der Waals surface area contributed by atoms with E-state index in [9.17, 15) is 0 Å². The topological polar surface area (TPSA) is 45.8 Å². The summed E-state index contributed by atoms with van der Waals surface area (Å²) in [7, 11) is 2.11. The fourth-order valence-corrected chi connectivity index (χ4v) is 2.60. The molecule has 1 atom stereocenters. The molecule has 0 aromatic heterocycles. The van der Waals surface area contributed by atoms with E-state index in [4.69, 9.17) is 9.47 Å². The third-order valence-corrected chi connectivity index (χ3v) is 3.51. The van der Waals surface area contributed by atoms with Crippen LogP contribution >= 0.6 is 0 Å². The smallest absolute Gasteiger partial charge is 0.214 e. The van der Waals surface area contributed by atoms with Crippen molar-refractivity contribution in [1.29, 1.82) is 0 Å². The summed E-state index contributed by atoms with van der Waals surface area (Å²) in [5, 5.41) is 6.73. The lowest BCUT2D eigenvalue weighted by atomic mass is 9.99. The summed E-state index contributed by atoms with van der Waals surface area (Å²) >= 11 is 0. The van der Waals surface area contributed by atoms with Gasteiger partial charge in [-0.25, -0.2) is 0 Å². The monoisotopic (exact) mass is 237 g/mol. The lowest BCUT2D eigenvalue weighted by Gasteiger charge is -2.38. The zero-order valence-corrected chi connectivity index (χ0v) is 10.4. The second kappa shape index (κ2) is 4.05. The second-order valence-electron chi connectivity index (χ2n) is 4.70. The Morgan fingerprint density at radius 2 is 2.06 bits per heavy atom. The molecule has 0 aliphatic carbocycles. The molecule has 0 aromatic rings. The van der Waals surface area contributed by atoms with Crippen LogP contribution in [0.25, 0.3) is 0 Å². The number of ether oxygens (including phenoxy) is 2. The van der Waals surface area contributed by atoms with E-state index in [0.717, 1.165) is 50.2 Å². The molecule has 0 saturated heterocycles. The lowest BCUT2D eigenvalue weighted by molar-refractivity contribution is 0.0943. The van der Waals surface area contributed by atoms with E-state index in [-0.39, 0.29) is 0 Å². The molecule has 0 aromatic carbocycles. The number of hydrogen-bond acceptors (Lipinski definition) is 5. The Balaban J connectivity index is 1.93. The second-order valence-corrected chi connectivity index (χ2v) is 4.70. The molecule has 3 heterocycles. The van der Waals surface area contributed by atoms with Crippen molar-refractivity contribution >= 4 is 0 Å². The molecule has 0 fully saturated rings. The minimum Gasteiger partial charge on any atom is -0.478 e. The van der Waals surface area contributed by atoms with E-state index < -0.39 is 0 Å². The predicted molar refractivity (Wildman–Crippen MR) is 63.5 cm³/mol. The molecular formula is C12H19N3O2. The molecule has 3 aliphatic rings. The molecule has 2 N–H and O–H groups in total. The summed E-state index contributed by atoms with van der Waals surface area (Å²) in [5.74, 6) is 1.99. The summed E-state index contributed by atoms with van der Waals surface area (Å²) in [5.41, 5.74) is 2.37. The van der Waals surface area contributed by atoms with Gasteiger partial charge in [-0.1, -0.05) is 6.92 Å². The van der Waals surface area contributed by atoms with Gasteiger partial charge >= 0.3 is 0 Å². The van der Waals surface area contributed by atoms with Gasteiger partial charge in [-0.3, -0.25) is 5.32 Å². The number of nitrogens with zero attached hydrogens (tertiary/aromatic N) is 1. The fourth-order valence-electron chi connectivity index (χ4n) is 2.60. The van der Waals surface area contributed by atoms with Crippen LogP contribution in [0, 0.1) is 5.92 Å². The van der Waals surface area contributed by atoms with Gasteiger partial charge in [0.25, 0.3) is 0 Å². The number of likely N-dealkylation sites (N-methyl/N-ethyl adjacent to an activating group) is 1. The molecule has 5 heteroatoms. The van der Waals surface area contributed by atoms with Crippen molar-refractivity contribution in [1.82, 2.24) is 15.5 Å². The molecule has 1 unspecified atom stereocenters. The molecule has 0 bridgehead atoms. The highest BCUT2D eigenvalue weighted by Gasteiger charge is 2.34. The van der Waals surface area contributed by atoms with Crippen molar-refractivity contribution in [3.8, 4) is 0 Å². The summed E-state index contributed by atoms with van der Waals surface area (Å²) in [6, 6.07) is 0. The maximum Gasteiger partial charge on any atom is 0.214 e. The van der Waals surface area contributed by atoms with Crippen LogP contribution < -0.4 is 10.6 Å². The first-order valence-electron chi connectivity index (χ1n) is 6.23. The van der Waals surface area contributed by atoms with Gasteiger partial charge in [0.15, 0.2) is 0 Å². The van der Waals surface area contributed by atoms with Gasteiger partial charge in [0, 0.05) is 19.5 Å². The molecule has 3 aliphatic heterocycles. The first kappa shape index (κ1) is 10.6. The van der Waals surface area contributed by atoms with E-state index in [2.05, 4.69) is 29.5 Å². The van der Waals surface area contributed by atoms with Gasteiger partial charge in [0.05, 0.1) is 24.5 Å². The maximum absolute atomic E-state index is 5.73. The van der Waals surface area contributed by atoms with Gasteiger partial charge in [-0.05, 0) is 6.42 Å². The molecule has 0 amide bonds. The van der Waals surface area contributed by atoms with Crippen molar-refractivity contribution in [3.63, 3.8) is 0 Å². The van der Waals surface area contributed by atoms with Crippen LogP contribution in [0.3, 0.4) is 0 Å². The molecule has 17 heavy (non-hydrogen) atoms. The first-order valence-corrected chi connectivity index (χ1v) is 6.23. The lowest BCUT2D eigenvalue weighted by Crippen LogP contribution is -2.42. The van der Waals surface area contributed by atoms with Crippen molar-refractivity contribution in [3.05, 3.63) is 23.2 Å². The Kier molecular flexibility index (Phi) is 2.53. The van der Waals surface area contributed by atoms with E-state index in [1.54, 1.807) is 0 Å². The Labute approximate surface area is 101 Å². The number of nitrogens with one attached hydrogen (secondary N) is 2. The van der Waals surface area contributed by atoms with Gasteiger partial charge < -0.3 is 19.7 Å². The van der Waals surface area contributed by atoms with Gasteiger partial charge in [0.1, 0.15) is 6.61 Å². The van der Waals surface area contributed by atoms with E-state index >= 15 is 0 Å². The molecule has 3 rings (SSSR count). The molecule has 0 saturated carbocycles. The highest BCUT2D eigenvalue weighted by atomic mass is 16.5. The van der Waals surface area contributed by atoms with Crippen LogP contribution in [0.2, 0.25) is 0 Å². The molecule has 0 radical (unpaired) electrons. The quantitative estimate of drug-likeness (QED) is 0.644. The molecule has 94 valence electrons. The zero-order chi connectivity index (χ0) is 11.8. The number of hydrogen-bond donors (Lipinski definition) is 2. The van der Waals surface area contributed by atoms with Crippen LogP contribution in [0.1, 0.15) is 13.3 Å². The standard InChI is InChI=1S/C12H19N3O2/c1-8-9-11(16-6-3-4-13-9)14-12-10(8)15(2)5-7-17-12/h8,13-14H,3-7H2,1-2H3. The Morgan fingerprint density at radius 3 is 2.94 bits per heavy atom. The molecule has 5 nitrogen and oxygen atoms in total.